The number of nitrogens with one attached hydrogen (secondary N) is 1. The highest BCUT2D eigenvalue weighted by Gasteiger charge is 2.17. The average Bonchev–Trinajstić information content (AvgIpc) is 2.96. The Kier molecular flexibility index (Phi) is 5.38. The van der Waals surface area contributed by atoms with Crippen LogP contribution >= 0.6 is 11.3 Å². The number of nitrogens with zero attached hydrogens (tertiary/aromatic N) is 2. The Balaban J connectivity index is 1.64. The third kappa shape index (κ3) is 4.77. The van der Waals surface area contributed by atoms with Crippen LogP contribution in [0.2, 0.25) is 0 Å². The molecule has 1 aromatic carbocycles. The first-order chi connectivity index (χ1) is 12.7. The molecule has 2 heterocycles. The minimum absolute atomic E-state index is 0.154. The van der Waals surface area contributed by atoms with E-state index in [0.717, 1.165) is 5.69 Å². The number of aromatic nitrogens is 2. The van der Waals surface area contributed by atoms with E-state index in [1.54, 1.807) is 12.3 Å². The molecule has 0 aliphatic rings. The van der Waals surface area contributed by atoms with Gasteiger partial charge in [0.25, 0.3) is 5.56 Å². The van der Waals surface area contributed by atoms with Gasteiger partial charge in [-0.2, -0.15) is 0 Å². The van der Waals surface area contributed by atoms with Crippen molar-refractivity contribution < 1.29 is 17.6 Å². The van der Waals surface area contributed by atoms with Crippen molar-refractivity contribution in [1.82, 2.24) is 9.38 Å². The number of amides is 1. The Labute approximate surface area is 158 Å². The molecular formula is C17H16FN3O4S2. The van der Waals surface area contributed by atoms with Gasteiger partial charge in [0.15, 0.2) is 14.8 Å². The van der Waals surface area contributed by atoms with Crippen LogP contribution in [0.5, 0.6) is 0 Å². The van der Waals surface area contributed by atoms with Gasteiger partial charge < -0.3 is 5.32 Å². The fourth-order valence-corrected chi connectivity index (χ4v) is 4.61. The molecule has 2 aromatic heterocycles. The minimum atomic E-state index is -3.63. The summed E-state index contributed by atoms with van der Waals surface area (Å²) in [5.41, 5.74) is 0.935. The van der Waals surface area contributed by atoms with E-state index < -0.39 is 27.3 Å². The molecular weight excluding hydrogens is 393 g/mol. The SMILES string of the molecule is Cc1csc2nc(CS(=O)(=O)CCC(=O)Nc3ccc(F)cc3)cc(=O)n12. The summed E-state index contributed by atoms with van der Waals surface area (Å²) in [4.78, 5) is 28.6. The topological polar surface area (TPSA) is 97.6 Å². The second kappa shape index (κ2) is 7.57. The van der Waals surface area contributed by atoms with Gasteiger partial charge in [0, 0.05) is 29.2 Å². The van der Waals surface area contributed by atoms with Crippen molar-refractivity contribution in [2.24, 2.45) is 0 Å². The number of aryl methyl sites for hydroxylation is 1. The zero-order valence-corrected chi connectivity index (χ0v) is 15.9. The van der Waals surface area contributed by atoms with Gasteiger partial charge in [0.1, 0.15) is 5.82 Å². The van der Waals surface area contributed by atoms with Crippen molar-refractivity contribution >= 4 is 37.7 Å². The lowest BCUT2D eigenvalue weighted by atomic mass is 10.3. The molecule has 142 valence electrons. The van der Waals surface area contributed by atoms with Crippen LogP contribution in [0.3, 0.4) is 0 Å². The van der Waals surface area contributed by atoms with E-state index in [4.69, 9.17) is 0 Å². The van der Waals surface area contributed by atoms with Crippen molar-refractivity contribution in [3.05, 3.63) is 63.3 Å². The highest BCUT2D eigenvalue weighted by molar-refractivity contribution is 7.90. The number of carbonyl (C=O) groups excluding carboxylic acids is 1. The molecule has 3 aromatic rings. The second-order valence-corrected chi connectivity index (χ2v) is 9.00. The van der Waals surface area contributed by atoms with Crippen LogP contribution in [-0.4, -0.2) is 29.5 Å². The number of benzene rings is 1. The van der Waals surface area contributed by atoms with E-state index in [-0.39, 0.29) is 23.4 Å². The van der Waals surface area contributed by atoms with Gasteiger partial charge in [0.05, 0.1) is 17.2 Å². The van der Waals surface area contributed by atoms with Crippen molar-refractivity contribution in [2.75, 3.05) is 11.1 Å². The predicted molar refractivity (Wildman–Crippen MR) is 101 cm³/mol. The van der Waals surface area contributed by atoms with E-state index in [1.165, 1.54) is 46.1 Å². The first-order valence-corrected chi connectivity index (χ1v) is 10.7. The standard InChI is InChI=1S/C17H16FN3O4S2/c1-11-9-26-17-20-14(8-16(23)21(11)17)10-27(24,25)7-6-15(22)19-13-4-2-12(18)3-5-13/h2-5,8-9H,6-7,10H2,1H3,(H,19,22). The summed E-state index contributed by atoms with van der Waals surface area (Å²) in [6.07, 6.45) is -0.251. The highest BCUT2D eigenvalue weighted by atomic mass is 32.2. The fraction of sp³-hybridized carbons (Fsp3) is 0.235. The molecule has 0 bridgehead atoms. The molecule has 1 N–H and O–H groups in total. The molecule has 7 nitrogen and oxygen atoms in total. The number of hydrogen-bond donors (Lipinski definition) is 1. The molecule has 3 rings (SSSR count). The Bertz CT molecular complexity index is 1150. The second-order valence-electron chi connectivity index (χ2n) is 5.98. The number of fused-ring (bicyclic) bond motifs is 1. The van der Waals surface area contributed by atoms with Crippen LogP contribution in [0, 0.1) is 12.7 Å². The number of anilines is 1. The quantitative estimate of drug-likeness (QED) is 0.673. The summed E-state index contributed by atoms with van der Waals surface area (Å²) in [5.74, 6) is -1.73. The zero-order valence-electron chi connectivity index (χ0n) is 14.3. The molecule has 0 radical (unpaired) electrons. The molecule has 0 aliphatic carbocycles. The molecule has 0 saturated heterocycles. The molecule has 0 spiro atoms. The van der Waals surface area contributed by atoms with Gasteiger partial charge in [-0.25, -0.2) is 17.8 Å². The number of carbonyl (C=O) groups is 1. The lowest BCUT2D eigenvalue weighted by molar-refractivity contribution is -0.115. The normalized spacial score (nSPS) is 11.6. The van der Waals surface area contributed by atoms with Crippen LogP contribution in [0.4, 0.5) is 10.1 Å². The zero-order chi connectivity index (χ0) is 19.6. The monoisotopic (exact) mass is 409 g/mol. The molecule has 0 atom stereocenters. The van der Waals surface area contributed by atoms with E-state index in [2.05, 4.69) is 10.3 Å². The molecule has 0 aliphatic heterocycles. The lowest BCUT2D eigenvalue weighted by Gasteiger charge is -2.06. The van der Waals surface area contributed by atoms with E-state index >= 15 is 0 Å². The Morgan fingerprint density at radius 1 is 1.30 bits per heavy atom. The van der Waals surface area contributed by atoms with E-state index in [9.17, 15) is 22.4 Å². The van der Waals surface area contributed by atoms with Crippen molar-refractivity contribution in [1.29, 1.82) is 0 Å². The fourth-order valence-electron chi connectivity index (χ4n) is 2.48. The van der Waals surface area contributed by atoms with Crippen LogP contribution < -0.4 is 10.9 Å². The highest BCUT2D eigenvalue weighted by Crippen LogP contribution is 2.13. The smallest absolute Gasteiger partial charge is 0.258 e. The largest absolute Gasteiger partial charge is 0.326 e. The van der Waals surface area contributed by atoms with Gasteiger partial charge in [-0.05, 0) is 31.2 Å². The van der Waals surface area contributed by atoms with Gasteiger partial charge in [-0.1, -0.05) is 0 Å². The van der Waals surface area contributed by atoms with Crippen LogP contribution in [0.1, 0.15) is 17.8 Å². The molecule has 27 heavy (non-hydrogen) atoms. The van der Waals surface area contributed by atoms with Crippen LogP contribution in [-0.2, 0) is 20.4 Å². The summed E-state index contributed by atoms with van der Waals surface area (Å²) in [5, 5.41) is 4.27. The first kappa shape index (κ1) is 19.2. The maximum Gasteiger partial charge on any atom is 0.258 e. The number of sulfone groups is 1. The number of hydrogen-bond acceptors (Lipinski definition) is 6. The Morgan fingerprint density at radius 2 is 2.00 bits per heavy atom. The molecule has 10 heteroatoms. The van der Waals surface area contributed by atoms with Crippen LogP contribution in [0.15, 0.2) is 40.5 Å². The number of halogens is 1. The minimum Gasteiger partial charge on any atom is -0.326 e. The Morgan fingerprint density at radius 3 is 2.70 bits per heavy atom. The van der Waals surface area contributed by atoms with Gasteiger partial charge in [-0.3, -0.25) is 14.0 Å². The van der Waals surface area contributed by atoms with Crippen molar-refractivity contribution in [3.8, 4) is 0 Å². The maximum atomic E-state index is 12.8. The molecule has 0 unspecified atom stereocenters. The first-order valence-electron chi connectivity index (χ1n) is 7.96. The van der Waals surface area contributed by atoms with E-state index in [0.29, 0.717) is 10.6 Å². The maximum absolute atomic E-state index is 12.8. The molecule has 0 fully saturated rings. The third-order valence-electron chi connectivity index (χ3n) is 3.76. The Hall–Kier alpha value is -2.59. The van der Waals surface area contributed by atoms with Gasteiger partial charge >= 0.3 is 0 Å². The summed E-state index contributed by atoms with van der Waals surface area (Å²) < 4.78 is 38.8. The third-order valence-corrected chi connectivity index (χ3v) is 6.27. The van der Waals surface area contributed by atoms with Gasteiger partial charge in [0.2, 0.25) is 5.91 Å². The lowest BCUT2D eigenvalue weighted by Crippen LogP contribution is -2.20. The van der Waals surface area contributed by atoms with Crippen molar-refractivity contribution in [2.45, 2.75) is 19.1 Å². The number of thiazole rings is 1. The summed E-state index contributed by atoms with van der Waals surface area (Å²) in [6, 6.07) is 6.36. The van der Waals surface area contributed by atoms with Crippen molar-refractivity contribution in [3.63, 3.8) is 0 Å². The average molecular weight is 409 g/mol. The molecule has 0 saturated carbocycles. The molecule has 1 amide bonds. The summed E-state index contributed by atoms with van der Waals surface area (Å²) >= 11 is 1.25. The predicted octanol–water partition coefficient (Wildman–Crippen LogP) is 2.15. The van der Waals surface area contributed by atoms with Gasteiger partial charge in [-0.15, -0.1) is 11.3 Å². The van der Waals surface area contributed by atoms with Crippen LogP contribution in [0.25, 0.3) is 4.96 Å². The summed E-state index contributed by atoms with van der Waals surface area (Å²) in [7, 11) is -3.63. The summed E-state index contributed by atoms with van der Waals surface area (Å²) in [6.45, 7) is 1.77. The number of rotatable bonds is 6. The van der Waals surface area contributed by atoms with E-state index in [1.807, 2.05) is 0 Å².